The van der Waals surface area contributed by atoms with Crippen LogP contribution >= 0.6 is 0 Å². The molecule has 1 N–H and O–H groups in total. The minimum atomic E-state index is -0.246. The number of nitrogens with zero attached hydrogens (tertiary/aromatic N) is 2. The van der Waals surface area contributed by atoms with Crippen LogP contribution < -0.4 is 5.32 Å². The maximum absolute atomic E-state index is 14.3. The summed E-state index contributed by atoms with van der Waals surface area (Å²) in [5.74, 6) is -0.246. The van der Waals surface area contributed by atoms with Crippen LogP contribution in [0.25, 0.3) is 5.69 Å². The van der Waals surface area contributed by atoms with Gasteiger partial charge in [-0.3, -0.25) is 0 Å². The molecule has 108 valence electrons. The van der Waals surface area contributed by atoms with Crippen LogP contribution in [0.3, 0.4) is 0 Å². The molecule has 3 nitrogen and oxygen atoms in total. The molecule has 1 aromatic heterocycles. The molecule has 2 rings (SSSR count). The lowest BCUT2D eigenvalue weighted by molar-refractivity contribution is 0.423. The highest BCUT2D eigenvalue weighted by atomic mass is 19.1. The summed E-state index contributed by atoms with van der Waals surface area (Å²) < 4.78 is 15.9. The second-order valence-electron chi connectivity index (χ2n) is 6.23. The van der Waals surface area contributed by atoms with Crippen molar-refractivity contribution in [3.8, 4) is 5.69 Å². The molecule has 0 aliphatic rings. The summed E-state index contributed by atoms with van der Waals surface area (Å²) in [6, 6.07) is 7.24. The van der Waals surface area contributed by atoms with Crippen LogP contribution in [0, 0.1) is 19.7 Å². The van der Waals surface area contributed by atoms with Gasteiger partial charge in [0.05, 0.1) is 5.69 Å². The van der Waals surface area contributed by atoms with E-state index in [1.165, 1.54) is 0 Å². The maximum Gasteiger partial charge on any atom is 0.149 e. The molecule has 0 aliphatic heterocycles. The molecule has 0 spiro atoms. The number of hydrogen-bond donors (Lipinski definition) is 1. The van der Waals surface area contributed by atoms with Crippen molar-refractivity contribution in [2.75, 3.05) is 0 Å². The van der Waals surface area contributed by atoms with Crippen molar-refractivity contribution in [2.24, 2.45) is 0 Å². The number of nitrogens with one attached hydrogen (secondary N) is 1. The minimum Gasteiger partial charge on any atom is -0.308 e. The third kappa shape index (κ3) is 3.45. The number of halogens is 1. The second kappa shape index (κ2) is 5.37. The number of aromatic nitrogens is 2. The highest BCUT2D eigenvalue weighted by Gasteiger charge is 2.12. The molecule has 0 saturated heterocycles. The van der Waals surface area contributed by atoms with E-state index in [-0.39, 0.29) is 11.4 Å². The summed E-state index contributed by atoms with van der Waals surface area (Å²) in [7, 11) is 0. The molecular formula is C16H22FN3. The minimum absolute atomic E-state index is 0.0187. The first-order valence-corrected chi connectivity index (χ1v) is 6.83. The highest BCUT2D eigenvalue weighted by molar-refractivity contribution is 5.37. The van der Waals surface area contributed by atoms with Crippen LogP contribution in [0.4, 0.5) is 4.39 Å². The molecule has 4 heteroatoms. The van der Waals surface area contributed by atoms with Gasteiger partial charge >= 0.3 is 0 Å². The fourth-order valence-electron chi connectivity index (χ4n) is 2.07. The van der Waals surface area contributed by atoms with Gasteiger partial charge in [0.2, 0.25) is 0 Å². The van der Waals surface area contributed by atoms with Gasteiger partial charge in [-0.15, -0.1) is 0 Å². The summed E-state index contributed by atoms with van der Waals surface area (Å²) in [4.78, 5) is 0. The Morgan fingerprint density at radius 3 is 2.40 bits per heavy atom. The van der Waals surface area contributed by atoms with Gasteiger partial charge in [0.25, 0.3) is 0 Å². The number of rotatable bonds is 3. The van der Waals surface area contributed by atoms with Crippen LogP contribution in [0.5, 0.6) is 0 Å². The summed E-state index contributed by atoms with van der Waals surface area (Å²) in [6.45, 7) is 10.8. The average Bonchev–Trinajstić information content (AvgIpc) is 2.65. The molecule has 0 radical (unpaired) electrons. The zero-order chi connectivity index (χ0) is 14.9. The second-order valence-corrected chi connectivity index (χ2v) is 6.23. The Kier molecular flexibility index (Phi) is 3.95. The third-order valence-corrected chi connectivity index (χ3v) is 3.07. The van der Waals surface area contributed by atoms with Crippen molar-refractivity contribution in [3.05, 3.63) is 47.0 Å². The normalized spacial score (nSPS) is 11.9. The molecule has 1 aromatic carbocycles. The van der Waals surface area contributed by atoms with E-state index in [0.29, 0.717) is 12.2 Å². The topological polar surface area (TPSA) is 29.9 Å². The van der Waals surface area contributed by atoms with E-state index in [2.05, 4.69) is 31.2 Å². The molecule has 0 aliphatic carbocycles. The van der Waals surface area contributed by atoms with Gasteiger partial charge in [0, 0.05) is 17.8 Å². The van der Waals surface area contributed by atoms with Crippen molar-refractivity contribution < 1.29 is 4.39 Å². The van der Waals surface area contributed by atoms with Crippen LogP contribution in [0.15, 0.2) is 24.3 Å². The zero-order valence-corrected chi connectivity index (χ0v) is 12.8. The van der Waals surface area contributed by atoms with Crippen molar-refractivity contribution in [1.82, 2.24) is 15.1 Å². The van der Waals surface area contributed by atoms with E-state index in [4.69, 9.17) is 0 Å². The molecule has 0 saturated carbocycles. The van der Waals surface area contributed by atoms with Gasteiger partial charge < -0.3 is 5.32 Å². The standard InChI is InChI=1S/C16H22FN3/c1-11-8-12(2)20(19-11)15-7-6-13(9-14(15)17)10-18-16(3,4)5/h6-9,18H,10H2,1-5H3. The Hall–Kier alpha value is -1.68. The van der Waals surface area contributed by atoms with E-state index >= 15 is 0 Å². The molecule has 20 heavy (non-hydrogen) atoms. The Bertz CT molecular complexity index is 609. The van der Waals surface area contributed by atoms with Crippen molar-refractivity contribution in [2.45, 2.75) is 46.7 Å². The predicted molar refractivity (Wildman–Crippen MR) is 79.6 cm³/mol. The van der Waals surface area contributed by atoms with Crippen LogP contribution in [0.2, 0.25) is 0 Å². The molecule has 0 atom stereocenters. The van der Waals surface area contributed by atoms with E-state index in [9.17, 15) is 4.39 Å². The Labute approximate surface area is 119 Å². The molecule has 0 bridgehead atoms. The third-order valence-electron chi connectivity index (χ3n) is 3.07. The van der Waals surface area contributed by atoms with E-state index in [1.807, 2.05) is 26.0 Å². The van der Waals surface area contributed by atoms with Gasteiger partial charge in [-0.1, -0.05) is 6.07 Å². The number of benzene rings is 1. The van der Waals surface area contributed by atoms with Gasteiger partial charge in [0.1, 0.15) is 11.5 Å². The molecule has 0 amide bonds. The Morgan fingerprint density at radius 1 is 1.20 bits per heavy atom. The fourth-order valence-corrected chi connectivity index (χ4v) is 2.07. The Balaban J connectivity index is 2.24. The van der Waals surface area contributed by atoms with Crippen molar-refractivity contribution in [3.63, 3.8) is 0 Å². The number of hydrogen-bond acceptors (Lipinski definition) is 2. The first-order valence-electron chi connectivity index (χ1n) is 6.83. The Morgan fingerprint density at radius 2 is 1.90 bits per heavy atom. The molecule has 0 unspecified atom stereocenters. The smallest absolute Gasteiger partial charge is 0.149 e. The summed E-state index contributed by atoms with van der Waals surface area (Å²) in [5, 5.41) is 7.67. The zero-order valence-electron chi connectivity index (χ0n) is 12.8. The van der Waals surface area contributed by atoms with E-state index in [0.717, 1.165) is 17.0 Å². The lowest BCUT2D eigenvalue weighted by atomic mass is 10.1. The van der Waals surface area contributed by atoms with Gasteiger partial charge in [-0.05, 0) is 58.4 Å². The van der Waals surface area contributed by atoms with Crippen LogP contribution in [-0.2, 0) is 6.54 Å². The monoisotopic (exact) mass is 275 g/mol. The molecule has 1 heterocycles. The number of aryl methyl sites for hydroxylation is 2. The molecule has 0 fully saturated rings. The van der Waals surface area contributed by atoms with Gasteiger partial charge in [-0.25, -0.2) is 9.07 Å². The lowest BCUT2D eigenvalue weighted by Gasteiger charge is -2.20. The van der Waals surface area contributed by atoms with E-state index < -0.39 is 0 Å². The average molecular weight is 275 g/mol. The van der Waals surface area contributed by atoms with Crippen LogP contribution in [0.1, 0.15) is 37.7 Å². The quantitative estimate of drug-likeness (QED) is 0.929. The van der Waals surface area contributed by atoms with Gasteiger partial charge in [-0.2, -0.15) is 5.10 Å². The van der Waals surface area contributed by atoms with Crippen molar-refractivity contribution in [1.29, 1.82) is 0 Å². The summed E-state index contributed by atoms with van der Waals surface area (Å²) in [5.41, 5.74) is 3.27. The van der Waals surface area contributed by atoms with Crippen LogP contribution in [-0.4, -0.2) is 15.3 Å². The first-order chi connectivity index (χ1) is 9.26. The summed E-state index contributed by atoms with van der Waals surface area (Å²) in [6.07, 6.45) is 0. The highest BCUT2D eigenvalue weighted by Crippen LogP contribution is 2.18. The first kappa shape index (κ1) is 14.7. The lowest BCUT2D eigenvalue weighted by Crippen LogP contribution is -2.35. The fraction of sp³-hybridized carbons (Fsp3) is 0.438. The molecule has 2 aromatic rings. The molecular weight excluding hydrogens is 253 g/mol. The maximum atomic E-state index is 14.3. The van der Waals surface area contributed by atoms with Crippen molar-refractivity contribution >= 4 is 0 Å². The largest absolute Gasteiger partial charge is 0.308 e. The SMILES string of the molecule is Cc1cc(C)n(-c2ccc(CNC(C)(C)C)cc2F)n1. The predicted octanol–water partition coefficient (Wildman–Crippen LogP) is 3.52. The summed E-state index contributed by atoms with van der Waals surface area (Å²) >= 11 is 0. The van der Waals surface area contributed by atoms with E-state index in [1.54, 1.807) is 16.8 Å². The van der Waals surface area contributed by atoms with Gasteiger partial charge in [0.15, 0.2) is 0 Å².